The van der Waals surface area contributed by atoms with Crippen LogP contribution < -0.4 is 14.4 Å². The molecule has 0 amide bonds. The molecule has 2 heterocycles. The zero-order chi connectivity index (χ0) is 17.1. The maximum absolute atomic E-state index is 11.5. The minimum Gasteiger partial charge on any atom is -0.493 e. The number of rotatable bonds is 4. The maximum atomic E-state index is 11.5. The summed E-state index contributed by atoms with van der Waals surface area (Å²) in [5, 5.41) is 0. The molecule has 3 rings (SSSR count). The molecule has 1 aromatic carbocycles. The number of aromatic nitrogens is 1. The molecule has 1 aliphatic heterocycles. The molecule has 6 heteroatoms. The quantitative estimate of drug-likeness (QED) is 0.804. The van der Waals surface area contributed by atoms with Gasteiger partial charge in [-0.3, -0.25) is 0 Å². The molecule has 0 radical (unpaired) electrons. The average Bonchev–Trinajstić information content (AvgIpc) is 2.65. The summed E-state index contributed by atoms with van der Waals surface area (Å²) in [6.45, 7) is 1.59. The van der Waals surface area contributed by atoms with E-state index in [0.29, 0.717) is 5.56 Å². The first kappa shape index (κ1) is 16.1. The number of esters is 1. The van der Waals surface area contributed by atoms with Crippen molar-refractivity contribution in [1.82, 2.24) is 4.98 Å². The number of carbonyl (C=O) groups excluding carboxylic acids is 1. The second-order valence-electron chi connectivity index (χ2n) is 5.54. The van der Waals surface area contributed by atoms with E-state index in [1.807, 2.05) is 18.2 Å². The van der Waals surface area contributed by atoms with Gasteiger partial charge in [0.1, 0.15) is 5.82 Å². The lowest BCUT2D eigenvalue weighted by Gasteiger charge is -2.30. The predicted octanol–water partition coefficient (Wildman–Crippen LogP) is 2.45. The first-order valence-electron chi connectivity index (χ1n) is 7.69. The van der Waals surface area contributed by atoms with Crippen LogP contribution in [0.5, 0.6) is 11.5 Å². The molecule has 24 heavy (non-hydrogen) atoms. The van der Waals surface area contributed by atoms with Crippen LogP contribution in [0.4, 0.5) is 5.82 Å². The van der Waals surface area contributed by atoms with Gasteiger partial charge in [-0.15, -0.1) is 0 Å². The van der Waals surface area contributed by atoms with E-state index in [2.05, 4.69) is 9.88 Å². The van der Waals surface area contributed by atoms with Gasteiger partial charge in [-0.05, 0) is 41.8 Å². The molecule has 0 saturated carbocycles. The molecule has 1 aromatic heterocycles. The SMILES string of the molecule is COC(=O)c1ccc(N2CCc3cc(OC)c(OC)cc3C2)nc1. The Labute approximate surface area is 141 Å². The number of benzene rings is 1. The van der Waals surface area contributed by atoms with E-state index in [1.165, 1.54) is 18.2 Å². The molecule has 0 bridgehead atoms. The average molecular weight is 328 g/mol. The van der Waals surface area contributed by atoms with Crippen LogP contribution >= 0.6 is 0 Å². The van der Waals surface area contributed by atoms with Gasteiger partial charge in [0.25, 0.3) is 0 Å². The van der Waals surface area contributed by atoms with Crippen LogP contribution in [0.1, 0.15) is 21.5 Å². The molecule has 0 atom stereocenters. The number of hydrogen-bond acceptors (Lipinski definition) is 6. The second kappa shape index (κ2) is 6.78. The van der Waals surface area contributed by atoms with Crippen molar-refractivity contribution in [3.8, 4) is 11.5 Å². The predicted molar refractivity (Wildman–Crippen MR) is 89.9 cm³/mol. The van der Waals surface area contributed by atoms with Gasteiger partial charge in [0.2, 0.25) is 0 Å². The van der Waals surface area contributed by atoms with Crippen LogP contribution in [0, 0.1) is 0 Å². The van der Waals surface area contributed by atoms with E-state index in [0.717, 1.165) is 36.8 Å². The highest BCUT2D eigenvalue weighted by atomic mass is 16.5. The largest absolute Gasteiger partial charge is 0.493 e. The molecule has 6 nitrogen and oxygen atoms in total. The van der Waals surface area contributed by atoms with Crippen molar-refractivity contribution < 1.29 is 19.0 Å². The molecule has 2 aromatic rings. The van der Waals surface area contributed by atoms with Gasteiger partial charge in [0.15, 0.2) is 11.5 Å². The Morgan fingerprint density at radius 1 is 1.08 bits per heavy atom. The molecule has 126 valence electrons. The van der Waals surface area contributed by atoms with Crippen molar-refractivity contribution in [2.24, 2.45) is 0 Å². The van der Waals surface area contributed by atoms with E-state index >= 15 is 0 Å². The van der Waals surface area contributed by atoms with Crippen molar-refractivity contribution in [3.63, 3.8) is 0 Å². The first-order chi connectivity index (χ1) is 11.7. The lowest BCUT2D eigenvalue weighted by atomic mass is 9.98. The standard InChI is InChI=1S/C18H20N2O4/c1-22-15-8-12-6-7-20(11-14(12)9-16(15)23-2)17-5-4-13(10-19-17)18(21)24-3/h4-5,8-10H,6-7,11H2,1-3H3. The normalized spacial score (nSPS) is 13.2. The van der Waals surface area contributed by atoms with Crippen LogP contribution in [0.15, 0.2) is 30.5 Å². The molecule has 0 N–H and O–H groups in total. The summed E-state index contributed by atoms with van der Waals surface area (Å²) < 4.78 is 15.4. The van der Waals surface area contributed by atoms with Crippen molar-refractivity contribution in [2.45, 2.75) is 13.0 Å². The van der Waals surface area contributed by atoms with E-state index in [9.17, 15) is 4.79 Å². The van der Waals surface area contributed by atoms with E-state index < -0.39 is 0 Å². The molecule has 1 aliphatic rings. The number of carbonyl (C=O) groups is 1. The smallest absolute Gasteiger partial charge is 0.339 e. The van der Waals surface area contributed by atoms with E-state index in [-0.39, 0.29) is 5.97 Å². The number of hydrogen-bond donors (Lipinski definition) is 0. The molecule has 0 spiro atoms. The molecular weight excluding hydrogens is 308 g/mol. The number of anilines is 1. The Morgan fingerprint density at radius 3 is 2.38 bits per heavy atom. The first-order valence-corrected chi connectivity index (χ1v) is 7.69. The van der Waals surface area contributed by atoms with Gasteiger partial charge in [0.05, 0.1) is 26.9 Å². The van der Waals surface area contributed by atoms with Crippen molar-refractivity contribution in [1.29, 1.82) is 0 Å². The highest BCUT2D eigenvalue weighted by Crippen LogP contribution is 2.34. The molecular formula is C18H20N2O4. The van der Waals surface area contributed by atoms with Crippen molar-refractivity contribution >= 4 is 11.8 Å². The fourth-order valence-electron chi connectivity index (χ4n) is 2.89. The van der Waals surface area contributed by atoms with E-state index in [4.69, 9.17) is 14.2 Å². The number of fused-ring (bicyclic) bond motifs is 1. The van der Waals surface area contributed by atoms with E-state index in [1.54, 1.807) is 26.5 Å². The van der Waals surface area contributed by atoms with Crippen LogP contribution in [-0.2, 0) is 17.7 Å². The maximum Gasteiger partial charge on any atom is 0.339 e. The highest BCUT2D eigenvalue weighted by molar-refractivity contribution is 5.89. The number of ether oxygens (including phenoxy) is 3. The van der Waals surface area contributed by atoms with Crippen LogP contribution in [0.25, 0.3) is 0 Å². The Balaban J connectivity index is 1.83. The third kappa shape index (κ3) is 2.99. The number of pyridine rings is 1. The zero-order valence-corrected chi connectivity index (χ0v) is 14.0. The Bertz CT molecular complexity index is 743. The summed E-state index contributed by atoms with van der Waals surface area (Å²) in [4.78, 5) is 18.1. The number of methoxy groups -OCH3 is 3. The second-order valence-corrected chi connectivity index (χ2v) is 5.54. The third-order valence-electron chi connectivity index (χ3n) is 4.21. The van der Waals surface area contributed by atoms with Gasteiger partial charge in [0, 0.05) is 19.3 Å². The number of nitrogens with zero attached hydrogens (tertiary/aromatic N) is 2. The third-order valence-corrected chi connectivity index (χ3v) is 4.21. The molecule has 0 unspecified atom stereocenters. The van der Waals surface area contributed by atoms with Gasteiger partial charge >= 0.3 is 5.97 Å². The van der Waals surface area contributed by atoms with Gasteiger partial charge in [-0.25, -0.2) is 9.78 Å². The van der Waals surface area contributed by atoms with Crippen LogP contribution in [0.3, 0.4) is 0 Å². The van der Waals surface area contributed by atoms with Crippen molar-refractivity contribution in [2.75, 3.05) is 32.8 Å². The summed E-state index contributed by atoms with van der Waals surface area (Å²) in [6.07, 6.45) is 2.45. The minimum absolute atomic E-state index is 0.380. The molecule has 0 fully saturated rings. The zero-order valence-electron chi connectivity index (χ0n) is 14.0. The van der Waals surface area contributed by atoms with Crippen LogP contribution in [0.2, 0.25) is 0 Å². The topological polar surface area (TPSA) is 60.9 Å². The van der Waals surface area contributed by atoms with Gasteiger partial charge < -0.3 is 19.1 Å². The summed E-state index contributed by atoms with van der Waals surface area (Å²) >= 11 is 0. The van der Waals surface area contributed by atoms with Gasteiger partial charge in [-0.2, -0.15) is 0 Å². The summed E-state index contributed by atoms with van der Waals surface area (Å²) in [5.74, 6) is 1.94. The summed E-state index contributed by atoms with van der Waals surface area (Å²) in [7, 11) is 4.64. The monoisotopic (exact) mass is 328 g/mol. The van der Waals surface area contributed by atoms with Crippen molar-refractivity contribution in [3.05, 3.63) is 47.2 Å². The lowest BCUT2D eigenvalue weighted by Crippen LogP contribution is -2.31. The minimum atomic E-state index is -0.380. The molecule has 0 aliphatic carbocycles. The van der Waals surface area contributed by atoms with Gasteiger partial charge in [-0.1, -0.05) is 0 Å². The fraction of sp³-hybridized carbons (Fsp3) is 0.333. The fourth-order valence-corrected chi connectivity index (χ4v) is 2.89. The Morgan fingerprint density at radius 2 is 1.79 bits per heavy atom. The molecule has 0 saturated heterocycles. The summed E-state index contributed by atoms with van der Waals surface area (Å²) in [6, 6.07) is 7.64. The highest BCUT2D eigenvalue weighted by Gasteiger charge is 2.20. The Kier molecular flexibility index (Phi) is 4.55. The summed E-state index contributed by atoms with van der Waals surface area (Å²) in [5.41, 5.74) is 2.90. The lowest BCUT2D eigenvalue weighted by molar-refractivity contribution is 0.0600. The van der Waals surface area contributed by atoms with Crippen LogP contribution in [-0.4, -0.2) is 38.8 Å². The Hall–Kier alpha value is -2.76.